The monoisotopic (exact) mass is 370 g/mol. The smallest absolute Gasteiger partial charge is 0.270 e. The summed E-state index contributed by atoms with van der Waals surface area (Å²) in [5, 5.41) is 10.8. The van der Waals surface area contributed by atoms with Crippen LogP contribution in [0.4, 0.5) is 10.1 Å². The minimum Gasteiger partial charge on any atom is -0.497 e. The van der Waals surface area contributed by atoms with Gasteiger partial charge in [-0.3, -0.25) is 10.1 Å². The number of non-ortho nitro benzene ring substituents is 1. The minimum absolute atomic E-state index is 0.197. The predicted molar refractivity (Wildman–Crippen MR) is 86.6 cm³/mol. The topological polar surface area (TPSA) is 108 Å². The largest absolute Gasteiger partial charge is 0.497 e. The SMILES string of the molecule is COc1ccc(CNS(=O)(=O)c2cc([N+](=O)[O-])ccc2F)c(OC)c1. The lowest BCUT2D eigenvalue weighted by Gasteiger charge is -2.12. The van der Waals surface area contributed by atoms with E-state index in [1.54, 1.807) is 18.2 Å². The van der Waals surface area contributed by atoms with E-state index in [1.807, 2.05) is 0 Å². The standard InChI is InChI=1S/C15H15FN2O6S/c1-23-12-5-3-10(14(8-12)24-2)9-17-25(21,22)15-7-11(18(19)20)4-6-13(15)16/h3-8,17H,9H2,1-2H3. The van der Waals surface area contributed by atoms with Crippen molar-refractivity contribution in [3.05, 3.63) is 57.9 Å². The molecule has 0 fully saturated rings. The predicted octanol–water partition coefficient (Wildman–Crippen LogP) is 2.23. The van der Waals surface area contributed by atoms with Crippen LogP contribution in [0.5, 0.6) is 11.5 Å². The molecule has 0 aliphatic rings. The van der Waals surface area contributed by atoms with Crippen LogP contribution in [0, 0.1) is 15.9 Å². The molecule has 0 unspecified atom stereocenters. The third-order valence-electron chi connectivity index (χ3n) is 3.36. The summed E-state index contributed by atoms with van der Waals surface area (Å²) in [5.74, 6) is -0.186. The van der Waals surface area contributed by atoms with E-state index in [1.165, 1.54) is 14.2 Å². The highest BCUT2D eigenvalue weighted by atomic mass is 32.2. The summed E-state index contributed by atoms with van der Waals surface area (Å²) in [5.41, 5.74) is -0.0403. The average Bonchev–Trinajstić information content (AvgIpc) is 2.59. The Labute approximate surface area is 143 Å². The third kappa shape index (κ3) is 4.22. The zero-order valence-electron chi connectivity index (χ0n) is 13.4. The van der Waals surface area contributed by atoms with Crippen LogP contribution >= 0.6 is 0 Å². The molecule has 2 aromatic carbocycles. The Hall–Kier alpha value is -2.72. The quantitative estimate of drug-likeness (QED) is 0.591. The van der Waals surface area contributed by atoms with Gasteiger partial charge in [0.2, 0.25) is 10.0 Å². The number of benzene rings is 2. The molecule has 0 radical (unpaired) electrons. The van der Waals surface area contributed by atoms with Crippen LogP contribution in [0.1, 0.15) is 5.56 Å². The van der Waals surface area contributed by atoms with E-state index in [9.17, 15) is 22.9 Å². The van der Waals surface area contributed by atoms with Gasteiger partial charge in [0.25, 0.3) is 5.69 Å². The molecule has 0 aromatic heterocycles. The number of methoxy groups -OCH3 is 2. The van der Waals surface area contributed by atoms with Gasteiger partial charge in [0, 0.05) is 30.3 Å². The van der Waals surface area contributed by atoms with Crippen molar-refractivity contribution in [2.45, 2.75) is 11.4 Å². The van der Waals surface area contributed by atoms with Gasteiger partial charge in [-0.2, -0.15) is 0 Å². The second-order valence-corrected chi connectivity index (χ2v) is 6.61. The molecule has 0 heterocycles. The Morgan fingerprint density at radius 1 is 1.16 bits per heavy atom. The maximum Gasteiger partial charge on any atom is 0.270 e. The van der Waals surface area contributed by atoms with Gasteiger partial charge in [-0.05, 0) is 12.1 Å². The number of halogens is 1. The fourth-order valence-electron chi connectivity index (χ4n) is 2.06. The molecule has 0 bridgehead atoms. The first kappa shape index (κ1) is 18.6. The highest BCUT2D eigenvalue weighted by Crippen LogP contribution is 2.26. The number of rotatable bonds is 7. The highest BCUT2D eigenvalue weighted by Gasteiger charge is 2.23. The molecule has 25 heavy (non-hydrogen) atoms. The fraction of sp³-hybridized carbons (Fsp3) is 0.200. The van der Waals surface area contributed by atoms with E-state index in [0.29, 0.717) is 23.1 Å². The zero-order valence-corrected chi connectivity index (χ0v) is 14.2. The Morgan fingerprint density at radius 3 is 2.48 bits per heavy atom. The van der Waals surface area contributed by atoms with Gasteiger partial charge in [-0.15, -0.1) is 0 Å². The van der Waals surface area contributed by atoms with Gasteiger partial charge in [0.05, 0.1) is 19.1 Å². The van der Waals surface area contributed by atoms with Crippen LogP contribution in [0.3, 0.4) is 0 Å². The lowest BCUT2D eigenvalue weighted by atomic mass is 10.2. The van der Waals surface area contributed by atoms with Crippen LogP contribution < -0.4 is 14.2 Å². The number of hydrogen-bond donors (Lipinski definition) is 1. The van der Waals surface area contributed by atoms with Crippen molar-refractivity contribution < 1.29 is 27.2 Å². The molecule has 0 saturated carbocycles. The summed E-state index contributed by atoms with van der Waals surface area (Å²) >= 11 is 0. The highest BCUT2D eigenvalue weighted by molar-refractivity contribution is 7.89. The molecule has 0 aliphatic carbocycles. The van der Waals surface area contributed by atoms with Crippen LogP contribution in [0.15, 0.2) is 41.3 Å². The summed E-state index contributed by atoms with van der Waals surface area (Å²) in [7, 11) is -1.42. The first-order chi connectivity index (χ1) is 11.8. The van der Waals surface area contributed by atoms with Gasteiger partial charge in [-0.25, -0.2) is 17.5 Å². The van der Waals surface area contributed by atoms with Crippen molar-refractivity contribution in [2.75, 3.05) is 14.2 Å². The fourth-order valence-corrected chi connectivity index (χ4v) is 3.16. The molecule has 0 amide bonds. The maximum absolute atomic E-state index is 13.8. The van der Waals surface area contributed by atoms with E-state index in [0.717, 1.165) is 12.1 Å². The lowest BCUT2D eigenvalue weighted by Crippen LogP contribution is -2.24. The summed E-state index contributed by atoms with van der Waals surface area (Å²) in [6.07, 6.45) is 0. The molecule has 1 N–H and O–H groups in total. The van der Waals surface area contributed by atoms with Gasteiger partial charge in [0.1, 0.15) is 22.2 Å². The van der Waals surface area contributed by atoms with E-state index in [-0.39, 0.29) is 6.54 Å². The van der Waals surface area contributed by atoms with Crippen LogP contribution in [0.2, 0.25) is 0 Å². The van der Waals surface area contributed by atoms with Crippen molar-refractivity contribution in [2.24, 2.45) is 0 Å². The summed E-state index contributed by atoms with van der Waals surface area (Å²) < 4.78 is 50.8. The Balaban J connectivity index is 2.28. The van der Waals surface area contributed by atoms with Crippen LogP contribution in [-0.2, 0) is 16.6 Å². The third-order valence-corrected chi connectivity index (χ3v) is 4.78. The number of nitrogens with zero attached hydrogens (tertiary/aromatic N) is 1. The molecule has 2 rings (SSSR count). The number of ether oxygens (including phenoxy) is 2. The van der Waals surface area contributed by atoms with Crippen molar-refractivity contribution in [1.82, 2.24) is 4.72 Å². The molecular formula is C15H15FN2O6S. The van der Waals surface area contributed by atoms with Gasteiger partial charge < -0.3 is 9.47 Å². The first-order valence-corrected chi connectivity index (χ1v) is 8.41. The van der Waals surface area contributed by atoms with Crippen molar-refractivity contribution >= 4 is 15.7 Å². The number of sulfonamides is 1. The second-order valence-electron chi connectivity index (χ2n) is 4.87. The van der Waals surface area contributed by atoms with Gasteiger partial charge in [0.15, 0.2) is 0 Å². The van der Waals surface area contributed by atoms with E-state index >= 15 is 0 Å². The molecular weight excluding hydrogens is 355 g/mol. The maximum atomic E-state index is 13.8. The molecule has 8 nitrogen and oxygen atoms in total. The average molecular weight is 370 g/mol. The molecule has 0 spiro atoms. The number of nitrogens with one attached hydrogen (secondary N) is 1. The van der Waals surface area contributed by atoms with Crippen molar-refractivity contribution in [3.8, 4) is 11.5 Å². The Morgan fingerprint density at radius 2 is 1.88 bits per heavy atom. The minimum atomic E-state index is -4.30. The number of hydrogen-bond acceptors (Lipinski definition) is 6. The first-order valence-electron chi connectivity index (χ1n) is 6.93. The van der Waals surface area contributed by atoms with E-state index in [4.69, 9.17) is 9.47 Å². The normalized spacial score (nSPS) is 11.2. The van der Waals surface area contributed by atoms with Crippen molar-refractivity contribution in [3.63, 3.8) is 0 Å². The Kier molecular flexibility index (Phi) is 5.55. The van der Waals surface area contributed by atoms with E-state index < -0.39 is 31.3 Å². The molecule has 0 atom stereocenters. The van der Waals surface area contributed by atoms with Crippen molar-refractivity contribution in [1.29, 1.82) is 0 Å². The lowest BCUT2D eigenvalue weighted by molar-refractivity contribution is -0.385. The zero-order chi connectivity index (χ0) is 18.6. The molecule has 10 heteroatoms. The number of nitro groups is 1. The van der Waals surface area contributed by atoms with Gasteiger partial charge >= 0.3 is 0 Å². The van der Waals surface area contributed by atoms with Gasteiger partial charge in [-0.1, -0.05) is 6.07 Å². The van der Waals surface area contributed by atoms with E-state index in [2.05, 4.69) is 4.72 Å². The molecule has 2 aromatic rings. The summed E-state index contributed by atoms with van der Waals surface area (Å²) in [4.78, 5) is 9.16. The second kappa shape index (κ2) is 7.45. The number of nitro benzene ring substituents is 1. The van der Waals surface area contributed by atoms with Crippen LogP contribution in [-0.4, -0.2) is 27.6 Å². The van der Waals surface area contributed by atoms with Crippen LogP contribution in [0.25, 0.3) is 0 Å². The summed E-state index contributed by atoms with van der Waals surface area (Å²) in [6, 6.07) is 7.06. The summed E-state index contributed by atoms with van der Waals surface area (Å²) in [6.45, 7) is -0.197. The molecule has 0 saturated heterocycles. The molecule has 0 aliphatic heterocycles. The molecule has 134 valence electrons. The Bertz CT molecular complexity index is 901.